The third-order valence-corrected chi connectivity index (χ3v) is 17.4. The highest BCUT2D eigenvalue weighted by Crippen LogP contribution is 2.46. The summed E-state index contributed by atoms with van der Waals surface area (Å²) in [6.45, 7) is 31.8. The van der Waals surface area contributed by atoms with Gasteiger partial charge in [0.05, 0.1) is 63.5 Å². The van der Waals surface area contributed by atoms with E-state index in [0.717, 1.165) is 11.1 Å². The maximum Gasteiger partial charge on any atom is 0.124 e. The molecule has 0 bridgehead atoms. The van der Waals surface area contributed by atoms with Crippen LogP contribution in [0.1, 0.15) is 149 Å². The molecule has 14 radical (unpaired) electrons. The van der Waals surface area contributed by atoms with Crippen LogP contribution >= 0.6 is 0 Å². The molecule has 2 rings (SSSR count). The Labute approximate surface area is 466 Å². The number of rotatable bonds is 32. The zero-order valence-corrected chi connectivity index (χ0v) is 49.5. The Morgan fingerprint density at radius 2 is 0.987 bits per heavy atom. The molecule has 9 nitrogen and oxygen atoms in total. The average Bonchev–Trinajstić information content (AvgIpc) is 3.38. The average molecular weight is 1020 g/mol. The molecular formula is C59H93B7O9. The smallest absolute Gasteiger partial charge is 0.124 e. The molecule has 0 aliphatic heterocycles. The lowest BCUT2D eigenvalue weighted by Gasteiger charge is -2.44. The summed E-state index contributed by atoms with van der Waals surface area (Å²) >= 11 is 0. The minimum Gasteiger partial charge on any atom is -0.490 e. The van der Waals surface area contributed by atoms with Gasteiger partial charge < -0.3 is 43.7 Å². The number of ether oxygens (including phenoxy) is 6. The molecule has 13 atom stereocenters. The lowest BCUT2D eigenvalue weighted by Crippen LogP contribution is -2.49. The highest BCUT2D eigenvalue weighted by molar-refractivity contribution is 6.28. The number of hydrogen-bond donors (Lipinski definition) is 3. The molecule has 0 amide bonds. The summed E-state index contributed by atoms with van der Waals surface area (Å²) in [5.74, 6) is 0.0572. The fourth-order valence-electron chi connectivity index (χ4n) is 10.9. The van der Waals surface area contributed by atoms with E-state index in [0.29, 0.717) is 83.7 Å². The summed E-state index contributed by atoms with van der Waals surface area (Å²) in [6.07, 6.45) is 12.4. The SMILES string of the molecule is [B]C/C=C(\C=C(\[B])C(C)OC(CC)(CC)C(C)C(O)C(C)OC1=C([B])CC(C(C)(C)C(/C=C(/[B])[C@@H](C)OC(CC)(CC)C(C)C(O)C(C)OC)=C/C[B])C=C1[B])C(C)(C)C1C=C([B])C(OC(C)C(O)C(C)OC)=CC1. The van der Waals surface area contributed by atoms with Gasteiger partial charge in [0.15, 0.2) is 0 Å². The Morgan fingerprint density at radius 3 is 1.37 bits per heavy atom. The normalized spacial score (nSPS) is 22.7. The minimum atomic E-state index is -0.985. The van der Waals surface area contributed by atoms with E-state index in [9.17, 15) is 15.3 Å². The van der Waals surface area contributed by atoms with E-state index in [4.69, 9.17) is 83.3 Å². The molecule has 0 heterocycles. The molecule has 12 unspecified atom stereocenters. The highest BCUT2D eigenvalue weighted by Gasteiger charge is 2.44. The van der Waals surface area contributed by atoms with Gasteiger partial charge in [0.25, 0.3) is 0 Å². The molecule has 0 fully saturated rings. The first kappa shape index (κ1) is 68.8. The van der Waals surface area contributed by atoms with Crippen molar-refractivity contribution < 1.29 is 43.7 Å². The second kappa shape index (κ2) is 30.3. The van der Waals surface area contributed by atoms with Crippen molar-refractivity contribution in [2.24, 2.45) is 34.5 Å². The Bertz CT molecular complexity index is 2070. The second-order valence-electron chi connectivity index (χ2n) is 22.5. The molecule has 3 N–H and O–H groups in total. The fraction of sp³-hybridized carbons (Fsp3) is 0.729. The van der Waals surface area contributed by atoms with E-state index in [2.05, 4.69) is 41.5 Å². The summed E-state index contributed by atoms with van der Waals surface area (Å²) in [5.41, 5.74) is 1.78. The molecule has 0 saturated heterocycles. The monoisotopic (exact) mass is 1020 g/mol. The van der Waals surface area contributed by atoms with Gasteiger partial charge in [0.1, 0.15) is 69.1 Å². The number of allylic oxidation sites excluding steroid dienone is 12. The first-order valence-electron chi connectivity index (χ1n) is 27.6. The van der Waals surface area contributed by atoms with Gasteiger partial charge in [-0.05, 0) is 120 Å². The summed E-state index contributed by atoms with van der Waals surface area (Å²) in [6, 6.07) is 0. The fourth-order valence-corrected chi connectivity index (χ4v) is 10.9. The van der Waals surface area contributed by atoms with Gasteiger partial charge in [0.2, 0.25) is 0 Å². The quantitative estimate of drug-likeness (QED) is 0.0448. The highest BCUT2D eigenvalue weighted by atomic mass is 16.5. The van der Waals surface area contributed by atoms with Crippen LogP contribution in [0.3, 0.4) is 0 Å². The predicted molar refractivity (Wildman–Crippen MR) is 315 cm³/mol. The third-order valence-electron chi connectivity index (χ3n) is 17.4. The molecule has 0 aromatic carbocycles. The molecule has 0 spiro atoms. The Hall–Kier alpha value is -2.31. The number of methoxy groups -OCH3 is 2. The van der Waals surface area contributed by atoms with Crippen molar-refractivity contribution in [3.63, 3.8) is 0 Å². The molecule has 16 heteroatoms. The lowest BCUT2D eigenvalue weighted by atomic mass is 9.63. The van der Waals surface area contributed by atoms with Crippen molar-refractivity contribution >= 4 is 54.9 Å². The van der Waals surface area contributed by atoms with Crippen molar-refractivity contribution in [2.45, 2.75) is 228 Å². The summed E-state index contributed by atoms with van der Waals surface area (Å²) < 4.78 is 37.1. The Kier molecular flexibility index (Phi) is 27.8. The first-order chi connectivity index (χ1) is 34.9. The van der Waals surface area contributed by atoms with E-state index < -0.39 is 76.8 Å². The molecule has 2 aliphatic carbocycles. The van der Waals surface area contributed by atoms with Gasteiger partial charge in [-0.15, -0.1) is 0 Å². The van der Waals surface area contributed by atoms with E-state index in [1.807, 2.05) is 97.9 Å². The summed E-state index contributed by atoms with van der Waals surface area (Å²) in [5, 5.41) is 33.8. The lowest BCUT2D eigenvalue weighted by molar-refractivity contribution is -0.155. The summed E-state index contributed by atoms with van der Waals surface area (Å²) in [4.78, 5) is 0. The Balaban J connectivity index is 2.32. The number of aliphatic hydroxyl groups excluding tert-OH is 3. The van der Waals surface area contributed by atoms with Crippen molar-refractivity contribution in [1.29, 1.82) is 0 Å². The van der Waals surface area contributed by atoms with Crippen LogP contribution in [0.25, 0.3) is 0 Å². The topological polar surface area (TPSA) is 116 Å². The van der Waals surface area contributed by atoms with Gasteiger partial charge in [-0.2, -0.15) is 0 Å². The van der Waals surface area contributed by atoms with E-state index in [-0.39, 0.29) is 30.2 Å². The van der Waals surface area contributed by atoms with Gasteiger partial charge in [-0.3, -0.25) is 0 Å². The van der Waals surface area contributed by atoms with Gasteiger partial charge in [0, 0.05) is 26.1 Å². The maximum atomic E-state index is 12.1. The zero-order chi connectivity index (χ0) is 57.6. The molecule has 75 heavy (non-hydrogen) atoms. The van der Waals surface area contributed by atoms with E-state index in [1.165, 1.54) is 0 Å². The van der Waals surface area contributed by atoms with Crippen molar-refractivity contribution in [3.8, 4) is 0 Å². The predicted octanol–water partition coefficient (Wildman–Crippen LogP) is 9.74. The van der Waals surface area contributed by atoms with Gasteiger partial charge in [-0.1, -0.05) is 146 Å². The number of aliphatic hydroxyl groups is 3. The van der Waals surface area contributed by atoms with Crippen LogP contribution in [0.2, 0.25) is 12.6 Å². The Morgan fingerprint density at radius 1 is 0.600 bits per heavy atom. The summed E-state index contributed by atoms with van der Waals surface area (Å²) in [7, 11) is 49.5. The maximum absolute atomic E-state index is 12.1. The second-order valence-corrected chi connectivity index (χ2v) is 22.5. The first-order valence-corrected chi connectivity index (χ1v) is 27.6. The van der Waals surface area contributed by atoms with Crippen molar-refractivity contribution in [1.82, 2.24) is 0 Å². The van der Waals surface area contributed by atoms with Crippen molar-refractivity contribution in [2.75, 3.05) is 14.2 Å². The molecule has 404 valence electrons. The van der Waals surface area contributed by atoms with Crippen LogP contribution in [0, 0.1) is 34.5 Å². The third kappa shape index (κ3) is 17.1. The molecule has 0 aromatic rings. The molecule has 0 aromatic heterocycles. The minimum absolute atomic E-state index is 0.0189. The molecule has 0 saturated carbocycles. The number of hydrogen-bond acceptors (Lipinski definition) is 9. The van der Waals surface area contributed by atoms with Crippen LogP contribution in [-0.4, -0.2) is 151 Å². The van der Waals surface area contributed by atoms with E-state index >= 15 is 0 Å². The van der Waals surface area contributed by atoms with Crippen LogP contribution in [0.15, 0.2) is 92.6 Å². The molecular weight excluding hydrogens is 928 g/mol. The molecule has 2 aliphatic rings. The largest absolute Gasteiger partial charge is 0.490 e. The van der Waals surface area contributed by atoms with Crippen LogP contribution in [0.5, 0.6) is 0 Å². The van der Waals surface area contributed by atoms with Crippen LogP contribution in [-0.2, 0) is 28.4 Å². The standard InChI is InChI=1S/C59H93B7O9/c1-19-58(20-2,34(5)52(67)38(9)70-17)74-37(8)47(63)30-44(26-28-61)57(15,16)45-32-49(65)55(50(66)33-45)73-40(11)53(68)35(6)59(21-3,22-4)75-36(7)46(62)29-43(25-27-60)56(13,14)42-23-24-51(48(64)31-42)72-41(12)54(69)39(10)71-18/h24-26,29-32,34-42,45,52-54,67-69H,19-23,27-28,33H2,1-18H3/b43-25+,44-26+,46-29+,47-30+/t34?,35?,36?,37-,38?,39?,40?,41?,42?,45?,52?,53?,54?/m1/s1. The van der Waals surface area contributed by atoms with E-state index in [1.54, 1.807) is 28.1 Å². The zero-order valence-electron chi connectivity index (χ0n) is 49.5. The van der Waals surface area contributed by atoms with Gasteiger partial charge >= 0.3 is 0 Å². The van der Waals surface area contributed by atoms with Gasteiger partial charge in [-0.25, -0.2) is 0 Å². The van der Waals surface area contributed by atoms with Crippen molar-refractivity contribution in [3.05, 3.63) is 92.6 Å². The van der Waals surface area contributed by atoms with Crippen LogP contribution in [0.4, 0.5) is 0 Å². The van der Waals surface area contributed by atoms with Crippen LogP contribution < -0.4 is 0 Å².